The summed E-state index contributed by atoms with van der Waals surface area (Å²) in [6, 6.07) is 16.1. The minimum atomic E-state index is -4.89. The van der Waals surface area contributed by atoms with E-state index in [4.69, 9.17) is 10.5 Å². The van der Waals surface area contributed by atoms with Gasteiger partial charge in [0.1, 0.15) is 15.5 Å². The first kappa shape index (κ1) is 21.4. The molecule has 0 aliphatic carbocycles. The van der Waals surface area contributed by atoms with E-state index in [1.54, 1.807) is 19.2 Å². The first-order chi connectivity index (χ1) is 15.2. The molecule has 1 amide bonds. The second kappa shape index (κ2) is 8.39. The highest BCUT2D eigenvalue weighted by molar-refractivity contribution is 7.21. The molecule has 6 nitrogen and oxygen atoms in total. The van der Waals surface area contributed by atoms with E-state index in [1.165, 1.54) is 18.2 Å². The van der Waals surface area contributed by atoms with Crippen LogP contribution in [0, 0.1) is 0 Å². The van der Waals surface area contributed by atoms with Gasteiger partial charge in [-0.3, -0.25) is 4.79 Å². The number of pyridine rings is 1. The number of hydrogen-bond acceptors (Lipinski definition) is 6. The summed E-state index contributed by atoms with van der Waals surface area (Å²) in [5.41, 5.74) is 7.74. The van der Waals surface area contributed by atoms with Gasteiger partial charge in [0.2, 0.25) is 0 Å². The van der Waals surface area contributed by atoms with Gasteiger partial charge >= 0.3 is 6.36 Å². The van der Waals surface area contributed by atoms with Crippen LogP contribution in [0.5, 0.6) is 11.5 Å². The molecule has 0 saturated heterocycles. The number of para-hydroxylation sites is 2. The van der Waals surface area contributed by atoms with Gasteiger partial charge in [-0.2, -0.15) is 0 Å². The maximum absolute atomic E-state index is 12.8. The number of carbonyl (C=O) groups excluding carboxylic acids is 1. The van der Waals surface area contributed by atoms with E-state index in [-0.39, 0.29) is 16.3 Å². The van der Waals surface area contributed by atoms with Crippen LogP contribution in [0.1, 0.15) is 9.67 Å². The third kappa shape index (κ3) is 4.45. The van der Waals surface area contributed by atoms with Crippen LogP contribution in [0.25, 0.3) is 21.5 Å². The first-order valence-electron chi connectivity index (χ1n) is 9.25. The number of thiophene rings is 1. The number of nitrogens with one attached hydrogen (secondary N) is 1. The number of fused-ring (bicyclic) bond motifs is 1. The lowest BCUT2D eigenvalue weighted by atomic mass is 10.1. The zero-order valence-corrected chi connectivity index (χ0v) is 17.4. The molecule has 4 rings (SSSR count). The van der Waals surface area contributed by atoms with Crippen molar-refractivity contribution in [2.45, 2.75) is 6.36 Å². The molecule has 0 aliphatic heterocycles. The summed E-state index contributed by atoms with van der Waals surface area (Å²) in [5.74, 6) is -0.466. The van der Waals surface area contributed by atoms with Gasteiger partial charge in [-0.25, -0.2) is 4.98 Å². The minimum Gasteiger partial charge on any atom is -0.497 e. The number of ether oxygens (including phenoxy) is 2. The Balaban J connectivity index is 1.63. The lowest BCUT2D eigenvalue weighted by molar-refractivity contribution is -0.274. The number of hydrogen-bond donors (Lipinski definition) is 2. The molecule has 2 heterocycles. The third-order valence-electron chi connectivity index (χ3n) is 4.55. The Bertz CT molecular complexity index is 1290. The molecule has 164 valence electrons. The summed E-state index contributed by atoms with van der Waals surface area (Å²) >= 11 is 1.05. The van der Waals surface area contributed by atoms with Crippen molar-refractivity contribution in [1.82, 2.24) is 4.98 Å². The molecular formula is C22H16F3N3O3S. The summed E-state index contributed by atoms with van der Waals surface area (Å²) in [7, 11) is 1.58. The van der Waals surface area contributed by atoms with E-state index in [1.807, 2.05) is 24.3 Å². The number of methoxy groups -OCH3 is 1. The van der Waals surface area contributed by atoms with Gasteiger partial charge in [0, 0.05) is 10.9 Å². The molecule has 0 saturated carbocycles. The van der Waals surface area contributed by atoms with Crippen molar-refractivity contribution in [2.24, 2.45) is 0 Å². The fraction of sp³-hybridized carbons (Fsp3) is 0.0909. The normalized spacial score (nSPS) is 11.4. The summed E-state index contributed by atoms with van der Waals surface area (Å²) in [4.78, 5) is 18.0. The molecule has 2 aromatic heterocycles. The zero-order chi connectivity index (χ0) is 22.9. The van der Waals surface area contributed by atoms with Gasteiger partial charge in [0.15, 0.2) is 5.75 Å². The smallest absolute Gasteiger partial charge is 0.497 e. The second-order valence-electron chi connectivity index (χ2n) is 6.62. The van der Waals surface area contributed by atoms with E-state index >= 15 is 0 Å². The molecule has 0 spiro atoms. The fourth-order valence-corrected chi connectivity index (χ4v) is 4.04. The summed E-state index contributed by atoms with van der Waals surface area (Å²) in [5, 5.41) is 3.02. The maximum atomic E-state index is 12.8. The van der Waals surface area contributed by atoms with Crippen molar-refractivity contribution in [3.05, 3.63) is 65.5 Å². The Morgan fingerprint density at radius 2 is 1.78 bits per heavy atom. The van der Waals surface area contributed by atoms with Crippen LogP contribution in [-0.4, -0.2) is 24.4 Å². The van der Waals surface area contributed by atoms with E-state index < -0.39 is 18.0 Å². The maximum Gasteiger partial charge on any atom is 0.573 e. The molecular weight excluding hydrogens is 443 g/mol. The predicted octanol–water partition coefficient (Wildman–Crippen LogP) is 5.71. The monoisotopic (exact) mass is 459 g/mol. The lowest BCUT2D eigenvalue weighted by Crippen LogP contribution is -2.19. The van der Waals surface area contributed by atoms with Crippen LogP contribution in [0.15, 0.2) is 60.7 Å². The Kier molecular flexibility index (Phi) is 5.62. The van der Waals surface area contributed by atoms with Crippen molar-refractivity contribution >= 4 is 38.8 Å². The van der Waals surface area contributed by atoms with Crippen molar-refractivity contribution in [2.75, 3.05) is 18.2 Å². The number of nitrogens with zero attached hydrogens (tertiary/aromatic N) is 1. The van der Waals surface area contributed by atoms with Crippen molar-refractivity contribution in [3.63, 3.8) is 0 Å². The van der Waals surface area contributed by atoms with E-state index in [9.17, 15) is 18.0 Å². The molecule has 0 bridgehead atoms. The first-order valence-corrected chi connectivity index (χ1v) is 10.1. The average Bonchev–Trinajstić information content (AvgIpc) is 3.10. The lowest BCUT2D eigenvalue weighted by Gasteiger charge is -2.13. The standard InChI is InChI=1S/C22H16F3N3O3S/c1-30-13-8-6-12(7-9-13)15-11-10-14-18(26)19(32-21(14)28-15)20(29)27-16-4-2-3-5-17(16)31-22(23,24)25/h2-11H,26H2,1H3,(H,27,29). The van der Waals surface area contributed by atoms with Gasteiger partial charge < -0.3 is 20.5 Å². The quantitative estimate of drug-likeness (QED) is 0.400. The summed E-state index contributed by atoms with van der Waals surface area (Å²) < 4.78 is 47.0. The highest BCUT2D eigenvalue weighted by atomic mass is 32.1. The van der Waals surface area contributed by atoms with Crippen molar-refractivity contribution < 1.29 is 27.4 Å². The van der Waals surface area contributed by atoms with Gasteiger partial charge in [0.25, 0.3) is 5.91 Å². The molecule has 3 N–H and O–H groups in total. The Labute approximate surface area is 184 Å². The van der Waals surface area contributed by atoms with Gasteiger partial charge in [0.05, 0.1) is 24.2 Å². The zero-order valence-electron chi connectivity index (χ0n) is 16.6. The SMILES string of the molecule is COc1ccc(-c2ccc3c(N)c(C(=O)Nc4ccccc4OC(F)(F)F)sc3n2)cc1. The molecule has 2 aromatic carbocycles. The third-order valence-corrected chi connectivity index (χ3v) is 5.66. The molecule has 10 heteroatoms. The molecule has 32 heavy (non-hydrogen) atoms. The molecule has 4 aromatic rings. The number of amides is 1. The van der Waals surface area contributed by atoms with Gasteiger partial charge in [-0.1, -0.05) is 12.1 Å². The van der Waals surface area contributed by atoms with E-state index in [2.05, 4.69) is 15.0 Å². The van der Waals surface area contributed by atoms with Gasteiger partial charge in [-0.15, -0.1) is 24.5 Å². The molecule has 0 unspecified atom stereocenters. The van der Waals surface area contributed by atoms with Crippen LogP contribution in [0.4, 0.5) is 24.5 Å². The number of nitrogens with two attached hydrogens (primary N) is 1. The number of halogens is 3. The number of aromatic nitrogens is 1. The van der Waals surface area contributed by atoms with Crippen LogP contribution in [0.3, 0.4) is 0 Å². The molecule has 0 fully saturated rings. The number of rotatable bonds is 5. The van der Waals surface area contributed by atoms with Crippen LogP contribution in [0.2, 0.25) is 0 Å². The number of anilines is 2. The number of carbonyl (C=O) groups is 1. The molecule has 0 radical (unpaired) electrons. The van der Waals surface area contributed by atoms with Crippen molar-refractivity contribution in [3.8, 4) is 22.8 Å². The van der Waals surface area contributed by atoms with Crippen LogP contribution in [-0.2, 0) is 0 Å². The predicted molar refractivity (Wildman–Crippen MR) is 117 cm³/mol. The number of benzene rings is 2. The van der Waals surface area contributed by atoms with Crippen LogP contribution >= 0.6 is 11.3 Å². The average molecular weight is 459 g/mol. The van der Waals surface area contributed by atoms with Gasteiger partial charge in [-0.05, 0) is 48.5 Å². The Morgan fingerprint density at radius 3 is 2.47 bits per heavy atom. The summed E-state index contributed by atoms with van der Waals surface area (Å²) in [6.45, 7) is 0. The van der Waals surface area contributed by atoms with E-state index in [0.717, 1.165) is 23.0 Å². The number of nitrogen functional groups attached to an aromatic ring is 1. The fourth-order valence-electron chi connectivity index (χ4n) is 3.05. The minimum absolute atomic E-state index is 0.126. The topological polar surface area (TPSA) is 86.5 Å². The largest absolute Gasteiger partial charge is 0.573 e. The summed E-state index contributed by atoms with van der Waals surface area (Å²) in [6.07, 6.45) is -4.89. The Morgan fingerprint density at radius 1 is 1.06 bits per heavy atom. The highest BCUT2D eigenvalue weighted by Gasteiger charge is 2.32. The number of alkyl halides is 3. The van der Waals surface area contributed by atoms with Crippen molar-refractivity contribution in [1.29, 1.82) is 0 Å². The van der Waals surface area contributed by atoms with Crippen LogP contribution < -0.4 is 20.5 Å². The second-order valence-corrected chi connectivity index (χ2v) is 7.62. The molecule has 0 aliphatic rings. The Hall–Kier alpha value is -3.79. The highest BCUT2D eigenvalue weighted by Crippen LogP contribution is 2.36. The molecule has 0 atom stereocenters. The van der Waals surface area contributed by atoms with E-state index in [0.29, 0.717) is 21.7 Å².